The van der Waals surface area contributed by atoms with Gasteiger partial charge in [-0.25, -0.2) is 17.2 Å². The Balaban J connectivity index is 2.01. The van der Waals surface area contributed by atoms with Crippen LogP contribution in [0.2, 0.25) is 0 Å². The Hall–Kier alpha value is -2.32. The lowest BCUT2D eigenvalue weighted by atomic mass is 10.1. The number of anilines is 1. The van der Waals surface area contributed by atoms with Gasteiger partial charge in [0.25, 0.3) is 5.91 Å². The first-order chi connectivity index (χ1) is 11.7. The highest BCUT2D eigenvalue weighted by Gasteiger charge is 2.17. The van der Waals surface area contributed by atoms with Gasteiger partial charge in [-0.2, -0.15) is 0 Å². The molecule has 0 aliphatic heterocycles. The fourth-order valence-electron chi connectivity index (χ4n) is 2.31. The minimum Gasteiger partial charge on any atom is -0.333 e. The first-order valence-electron chi connectivity index (χ1n) is 7.55. The van der Waals surface area contributed by atoms with E-state index in [0.717, 1.165) is 18.4 Å². The van der Waals surface area contributed by atoms with Gasteiger partial charge in [0.2, 0.25) is 0 Å². The van der Waals surface area contributed by atoms with Gasteiger partial charge in [-0.1, -0.05) is 12.1 Å². The van der Waals surface area contributed by atoms with Crippen molar-refractivity contribution in [2.45, 2.75) is 17.9 Å². The van der Waals surface area contributed by atoms with Gasteiger partial charge < -0.3 is 10.6 Å². The zero-order chi connectivity index (χ0) is 18.6. The third-order valence-electron chi connectivity index (χ3n) is 3.69. The lowest BCUT2D eigenvalue weighted by Gasteiger charge is -2.12. The number of sulfone groups is 1. The van der Waals surface area contributed by atoms with Gasteiger partial charge >= 0.3 is 0 Å². The number of benzene rings is 2. The van der Waals surface area contributed by atoms with Crippen LogP contribution >= 0.6 is 0 Å². The number of rotatable bonds is 6. The minimum atomic E-state index is -3.46. The summed E-state index contributed by atoms with van der Waals surface area (Å²) in [6.07, 6.45) is 1.06. The van der Waals surface area contributed by atoms with E-state index in [-0.39, 0.29) is 23.2 Å². The van der Waals surface area contributed by atoms with Gasteiger partial charge in [0.05, 0.1) is 10.6 Å². The highest BCUT2D eigenvalue weighted by atomic mass is 32.2. The Kier molecular flexibility index (Phi) is 5.86. The Morgan fingerprint density at radius 2 is 1.84 bits per heavy atom. The van der Waals surface area contributed by atoms with Crippen molar-refractivity contribution in [3.05, 3.63) is 59.7 Å². The molecular weight excluding hydrogens is 350 g/mol. The molecule has 0 saturated carbocycles. The lowest BCUT2D eigenvalue weighted by molar-refractivity contribution is -0.682. The molecule has 0 aromatic heterocycles. The van der Waals surface area contributed by atoms with E-state index in [2.05, 4.69) is 5.32 Å². The van der Waals surface area contributed by atoms with Crippen LogP contribution < -0.4 is 10.6 Å². The summed E-state index contributed by atoms with van der Waals surface area (Å²) < 4.78 is 49.7. The number of hydrogen-bond donors (Lipinski definition) is 2. The molecule has 3 N–H and O–H groups in total. The predicted octanol–water partition coefficient (Wildman–Crippen LogP) is 1.63. The van der Waals surface area contributed by atoms with E-state index in [0.29, 0.717) is 5.56 Å². The van der Waals surface area contributed by atoms with Crippen molar-refractivity contribution in [1.82, 2.24) is 0 Å². The molecule has 2 aromatic carbocycles. The summed E-state index contributed by atoms with van der Waals surface area (Å²) in [7, 11) is -3.46. The van der Waals surface area contributed by atoms with Crippen LogP contribution in [0.25, 0.3) is 0 Å². The van der Waals surface area contributed by atoms with Crippen LogP contribution in [0.4, 0.5) is 14.5 Å². The summed E-state index contributed by atoms with van der Waals surface area (Å²) in [4.78, 5) is 12.1. The number of para-hydroxylation sites is 1. The molecular formula is C17H19F2N2O3S+. The van der Waals surface area contributed by atoms with Crippen molar-refractivity contribution in [3.8, 4) is 0 Å². The molecule has 0 spiro atoms. The maximum atomic E-state index is 13.3. The van der Waals surface area contributed by atoms with Gasteiger partial charge in [0.15, 0.2) is 28.0 Å². The van der Waals surface area contributed by atoms with E-state index in [1.54, 1.807) is 24.4 Å². The number of nitrogens with two attached hydrogens (primary N) is 1. The molecule has 1 atom stereocenters. The van der Waals surface area contributed by atoms with Crippen LogP contribution in [0, 0.1) is 11.6 Å². The monoisotopic (exact) mass is 369 g/mol. The Morgan fingerprint density at radius 3 is 2.48 bits per heavy atom. The van der Waals surface area contributed by atoms with Crippen LogP contribution in [-0.2, 0) is 14.6 Å². The van der Waals surface area contributed by atoms with E-state index < -0.39 is 27.4 Å². The van der Waals surface area contributed by atoms with Crippen molar-refractivity contribution in [1.29, 1.82) is 0 Å². The molecule has 0 aliphatic carbocycles. The Morgan fingerprint density at radius 1 is 1.16 bits per heavy atom. The zero-order valence-corrected chi connectivity index (χ0v) is 14.6. The Labute approximate surface area is 145 Å². The van der Waals surface area contributed by atoms with Gasteiger partial charge in [-0.15, -0.1) is 0 Å². The molecule has 0 bridgehead atoms. The van der Waals surface area contributed by atoms with Crippen LogP contribution in [0.1, 0.15) is 18.5 Å². The highest BCUT2D eigenvalue weighted by molar-refractivity contribution is 7.90. The molecule has 25 heavy (non-hydrogen) atoms. The van der Waals surface area contributed by atoms with E-state index >= 15 is 0 Å². The topological polar surface area (TPSA) is 79.8 Å². The molecule has 2 aromatic rings. The summed E-state index contributed by atoms with van der Waals surface area (Å²) in [6.45, 7) is 1.75. The van der Waals surface area contributed by atoms with Crippen LogP contribution in [0.3, 0.4) is 0 Å². The highest BCUT2D eigenvalue weighted by Crippen LogP contribution is 2.20. The molecule has 0 fully saturated rings. The fraction of sp³-hybridized carbons (Fsp3) is 0.235. The van der Waals surface area contributed by atoms with Gasteiger partial charge in [0.1, 0.15) is 6.04 Å². The van der Waals surface area contributed by atoms with Crippen LogP contribution in [-0.4, -0.2) is 27.1 Å². The smallest absolute Gasteiger partial charge is 0.279 e. The number of nitrogens with one attached hydrogen (secondary N) is 1. The van der Waals surface area contributed by atoms with Crippen molar-refractivity contribution >= 4 is 21.4 Å². The summed E-state index contributed by atoms with van der Waals surface area (Å²) in [5.41, 5.74) is 0.757. The molecule has 0 unspecified atom stereocenters. The molecule has 0 heterocycles. The molecule has 134 valence electrons. The standard InChI is InChI=1S/C17H18F2N2O3S/c1-11(12-7-8-13(18)14(19)9-12)20-10-17(22)21-15-5-3-4-6-16(15)25(2,23)24/h3-9,11,20H,10H2,1-2H3,(H,21,22)/p+1/t11-/m1/s1. The summed E-state index contributed by atoms with van der Waals surface area (Å²) in [6, 6.07) is 9.43. The molecule has 0 aliphatic rings. The second-order valence-corrected chi connectivity index (χ2v) is 7.70. The molecule has 8 heteroatoms. The number of quaternary nitrogens is 1. The van der Waals surface area contributed by atoms with Gasteiger partial charge in [-0.05, 0) is 37.3 Å². The van der Waals surface area contributed by atoms with Crippen LogP contribution in [0.5, 0.6) is 0 Å². The van der Waals surface area contributed by atoms with Crippen molar-refractivity contribution in [2.75, 3.05) is 18.1 Å². The number of hydrogen-bond acceptors (Lipinski definition) is 3. The maximum Gasteiger partial charge on any atom is 0.279 e. The number of carbonyl (C=O) groups is 1. The molecule has 5 nitrogen and oxygen atoms in total. The second-order valence-electron chi connectivity index (χ2n) is 5.72. The van der Waals surface area contributed by atoms with E-state index in [1.165, 1.54) is 18.2 Å². The quantitative estimate of drug-likeness (QED) is 0.812. The zero-order valence-electron chi connectivity index (χ0n) is 13.8. The molecule has 2 rings (SSSR count). The summed E-state index contributed by atoms with van der Waals surface area (Å²) >= 11 is 0. The van der Waals surface area contributed by atoms with Crippen molar-refractivity contribution in [2.24, 2.45) is 0 Å². The van der Waals surface area contributed by atoms with E-state index in [4.69, 9.17) is 0 Å². The number of carbonyl (C=O) groups excluding carboxylic acids is 1. The molecule has 1 amide bonds. The largest absolute Gasteiger partial charge is 0.333 e. The predicted molar refractivity (Wildman–Crippen MR) is 89.7 cm³/mol. The summed E-state index contributed by atoms with van der Waals surface area (Å²) in [5.74, 6) is -2.26. The fourth-order valence-corrected chi connectivity index (χ4v) is 3.15. The molecule has 0 saturated heterocycles. The third-order valence-corrected chi connectivity index (χ3v) is 4.84. The van der Waals surface area contributed by atoms with Gasteiger partial charge in [0, 0.05) is 11.8 Å². The maximum absolute atomic E-state index is 13.3. The second kappa shape index (κ2) is 7.71. The normalized spacial score (nSPS) is 12.6. The Bertz CT molecular complexity index is 885. The summed E-state index contributed by atoms with van der Waals surface area (Å²) in [5, 5.41) is 4.20. The SMILES string of the molecule is C[C@@H]([NH2+]CC(=O)Nc1ccccc1S(C)(=O)=O)c1ccc(F)c(F)c1. The molecule has 0 radical (unpaired) electrons. The average molecular weight is 369 g/mol. The number of halogens is 2. The number of amides is 1. The minimum absolute atomic E-state index is 0.00173. The van der Waals surface area contributed by atoms with E-state index in [1.807, 2.05) is 0 Å². The van der Waals surface area contributed by atoms with Crippen molar-refractivity contribution in [3.63, 3.8) is 0 Å². The average Bonchev–Trinajstić information content (AvgIpc) is 2.54. The van der Waals surface area contributed by atoms with Gasteiger partial charge in [-0.3, -0.25) is 4.79 Å². The lowest BCUT2D eigenvalue weighted by Crippen LogP contribution is -2.86. The third kappa shape index (κ3) is 5.07. The first kappa shape index (κ1) is 19.0. The first-order valence-corrected chi connectivity index (χ1v) is 9.45. The van der Waals surface area contributed by atoms with Crippen LogP contribution in [0.15, 0.2) is 47.4 Å². The van der Waals surface area contributed by atoms with Crippen molar-refractivity contribution < 1.29 is 27.3 Å². The van der Waals surface area contributed by atoms with E-state index in [9.17, 15) is 22.0 Å².